The number of pyridine rings is 1. The van der Waals surface area contributed by atoms with Crippen molar-refractivity contribution in [3.63, 3.8) is 0 Å². The van der Waals surface area contributed by atoms with Gasteiger partial charge in [0.2, 0.25) is 0 Å². The van der Waals surface area contributed by atoms with Crippen molar-refractivity contribution in [3.8, 4) is 17.2 Å². The Kier molecular flexibility index (Phi) is 2.57. The number of rotatable bonds is 1. The molecule has 0 unspecified atom stereocenters. The van der Waals surface area contributed by atoms with Crippen molar-refractivity contribution in [1.29, 1.82) is 5.26 Å². The Morgan fingerprint density at radius 2 is 2.33 bits per heavy atom. The van der Waals surface area contributed by atoms with Crippen LogP contribution >= 0.6 is 0 Å². The highest BCUT2D eigenvalue weighted by Crippen LogP contribution is 2.47. The molecule has 2 atom stereocenters. The molecule has 21 heavy (non-hydrogen) atoms. The van der Waals surface area contributed by atoms with Crippen molar-refractivity contribution in [2.24, 2.45) is 0 Å². The molecule has 0 aromatic carbocycles. The van der Waals surface area contributed by atoms with Crippen LogP contribution in [0, 0.1) is 11.3 Å². The zero-order chi connectivity index (χ0) is 14.6. The van der Waals surface area contributed by atoms with Crippen LogP contribution in [0.2, 0.25) is 0 Å². The predicted octanol–water partition coefficient (Wildman–Crippen LogP) is 2.49. The number of anilines is 1. The summed E-state index contributed by atoms with van der Waals surface area (Å²) < 4.78 is 5.22. The zero-order valence-corrected chi connectivity index (χ0v) is 11.8. The molecule has 2 aromatic rings. The molecule has 2 aliphatic rings. The van der Waals surface area contributed by atoms with Gasteiger partial charge >= 0.3 is 0 Å². The minimum Gasteiger partial charge on any atom is -0.472 e. The largest absolute Gasteiger partial charge is 0.472 e. The number of likely N-dealkylation sites (N-methyl/N-ethyl adjacent to an activating group) is 1. The Labute approximate surface area is 123 Å². The van der Waals surface area contributed by atoms with Gasteiger partial charge in [-0.25, -0.2) is 4.98 Å². The van der Waals surface area contributed by atoms with Crippen LogP contribution in [0.1, 0.15) is 35.7 Å². The number of aromatic nitrogens is 1. The van der Waals surface area contributed by atoms with Crippen molar-refractivity contribution in [2.75, 3.05) is 12.8 Å². The summed E-state index contributed by atoms with van der Waals surface area (Å²) in [7, 11) is 2.16. The lowest BCUT2D eigenvalue weighted by Crippen LogP contribution is -2.35. The maximum atomic E-state index is 9.52. The molecule has 4 heterocycles. The molecule has 2 aliphatic heterocycles. The molecule has 1 fully saturated rings. The minimum absolute atomic E-state index is 0.323. The SMILES string of the molecule is CN1[C@H]2CC[C@@H]1c1c(nc(N)c(C#N)c1-c1ccoc1)C2. The summed E-state index contributed by atoms with van der Waals surface area (Å²) in [6, 6.07) is 4.98. The number of nitrogens with zero attached hydrogens (tertiary/aromatic N) is 3. The van der Waals surface area contributed by atoms with E-state index in [0.29, 0.717) is 23.5 Å². The lowest BCUT2D eigenvalue weighted by atomic mass is 9.88. The fourth-order valence-electron chi connectivity index (χ4n) is 3.83. The topological polar surface area (TPSA) is 79.1 Å². The van der Waals surface area contributed by atoms with Gasteiger partial charge in [-0.05, 0) is 26.0 Å². The second kappa shape index (κ2) is 4.34. The van der Waals surface area contributed by atoms with Gasteiger partial charge in [-0.2, -0.15) is 5.26 Å². The molecule has 0 aliphatic carbocycles. The second-order valence-electron chi connectivity index (χ2n) is 5.85. The molecule has 0 amide bonds. The molecule has 0 saturated carbocycles. The van der Waals surface area contributed by atoms with E-state index in [0.717, 1.165) is 29.7 Å². The lowest BCUT2D eigenvalue weighted by molar-refractivity contribution is 0.222. The Morgan fingerprint density at radius 1 is 1.48 bits per heavy atom. The average Bonchev–Trinajstić information content (AvgIpc) is 3.06. The standard InChI is InChI=1S/C16H16N4O/c1-20-10-2-3-13(20)15-12(6-10)19-16(18)11(7-17)14(15)9-4-5-21-8-9/h4-5,8,10,13H,2-3,6H2,1H3,(H2,18,19)/t10-,13+/m0/s1. The third kappa shape index (κ3) is 1.63. The molecule has 5 nitrogen and oxygen atoms in total. The number of furan rings is 1. The quantitative estimate of drug-likeness (QED) is 0.868. The summed E-state index contributed by atoms with van der Waals surface area (Å²) in [5, 5.41) is 9.52. The van der Waals surface area contributed by atoms with E-state index in [1.807, 2.05) is 6.07 Å². The highest BCUT2D eigenvalue weighted by atomic mass is 16.3. The molecule has 2 bridgehead atoms. The van der Waals surface area contributed by atoms with Gasteiger partial charge in [-0.15, -0.1) is 0 Å². The highest BCUT2D eigenvalue weighted by molar-refractivity contribution is 5.79. The van der Waals surface area contributed by atoms with Gasteiger partial charge < -0.3 is 10.2 Å². The fraction of sp³-hybridized carbons (Fsp3) is 0.375. The molecule has 4 rings (SSSR count). The normalized spacial score (nSPS) is 23.8. The van der Waals surface area contributed by atoms with Gasteiger partial charge in [0.05, 0.1) is 12.5 Å². The van der Waals surface area contributed by atoms with Gasteiger partial charge in [0, 0.05) is 40.9 Å². The monoisotopic (exact) mass is 280 g/mol. The number of nitriles is 1. The van der Waals surface area contributed by atoms with Gasteiger partial charge in [0.25, 0.3) is 0 Å². The van der Waals surface area contributed by atoms with Crippen LogP contribution in [0.25, 0.3) is 11.1 Å². The van der Waals surface area contributed by atoms with Crippen LogP contribution in [0.15, 0.2) is 23.0 Å². The van der Waals surface area contributed by atoms with Gasteiger partial charge in [0.15, 0.2) is 0 Å². The molecule has 2 N–H and O–H groups in total. The Hall–Kier alpha value is -2.32. The van der Waals surface area contributed by atoms with Crippen molar-refractivity contribution < 1.29 is 4.42 Å². The average molecular weight is 280 g/mol. The molecule has 0 radical (unpaired) electrons. The van der Waals surface area contributed by atoms with Gasteiger partial charge in [-0.3, -0.25) is 4.90 Å². The predicted molar refractivity (Wildman–Crippen MR) is 78.3 cm³/mol. The van der Waals surface area contributed by atoms with Crippen LogP contribution in [-0.4, -0.2) is 23.0 Å². The Morgan fingerprint density at radius 3 is 3.05 bits per heavy atom. The van der Waals surface area contributed by atoms with E-state index in [9.17, 15) is 5.26 Å². The van der Waals surface area contributed by atoms with Crippen molar-refractivity contribution in [3.05, 3.63) is 35.4 Å². The maximum absolute atomic E-state index is 9.52. The van der Waals surface area contributed by atoms with Crippen LogP contribution in [0.4, 0.5) is 5.82 Å². The van der Waals surface area contributed by atoms with E-state index in [4.69, 9.17) is 10.2 Å². The van der Waals surface area contributed by atoms with E-state index in [1.54, 1.807) is 12.5 Å². The van der Waals surface area contributed by atoms with E-state index < -0.39 is 0 Å². The van der Waals surface area contributed by atoms with E-state index in [-0.39, 0.29) is 0 Å². The Balaban J connectivity index is 2.05. The summed E-state index contributed by atoms with van der Waals surface area (Å²) in [4.78, 5) is 6.94. The molecular weight excluding hydrogens is 264 g/mol. The lowest BCUT2D eigenvalue weighted by Gasteiger charge is -2.34. The number of nitrogen functional groups attached to an aromatic ring is 1. The summed E-state index contributed by atoms with van der Waals surface area (Å²) in [6.45, 7) is 0. The van der Waals surface area contributed by atoms with Crippen LogP contribution < -0.4 is 5.73 Å². The summed E-state index contributed by atoms with van der Waals surface area (Å²) in [6.07, 6.45) is 6.49. The number of hydrogen-bond donors (Lipinski definition) is 1. The fourth-order valence-corrected chi connectivity index (χ4v) is 3.83. The summed E-state index contributed by atoms with van der Waals surface area (Å²) >= 11 is 0. The van der Waals surface area contributed by atoms with Crippen molar-refractivity contribution in [1.82, 2.24) is 9.88 Å². The first-order valence-electron chi connectivity index (χ1n) is 7.17. The minimum atomic E-state index is 0.323. The maximum Gasteiger partial charge on any atom is 0.142 e. The third-order valence-electron chi connectivity index (χ3n) is 4.87. The van der Waals surface area contributed by atoms with Gasteiger partial charge in [-0.1, -0.05) is 0 Å². The van der Waals surface area contributed by atoms with Crippen LogP contribution in [-0.2, 0) is 6.42 Å². The first-order valence-corrected chi connectivity index (χ1v) is 7.17. The van der Waals surface area contributed by atoms with Crippen molar-refractivity contribution in [2.45, 2.75) is 31.3 Å². The summed E-state index contributed by atoms with van der Waals surface area (Å²) in [5.74, 6) is 0.330. The second-order valence-corrected chi connectivity index (χ2v) is 5.85. The molecule has 5 heteroatoms. The van der Waals surface area contributed by atoms with Gasteiger partial charge in [0.1, 0.15) is 17.5 Å². The molecule has 0 spiro atoms. The summed E-state index contributed by atoms with van der Waals surface area (Å²) in [5.41, 5.74) is 10.5. The zero-order valence-electron chi connectivity index (χ0n) is 11.8. The Bertz CT molecular complexity index is 745. The highest BCUT2D eigenvalue weighted by Gasteiger charge is 2.41. The first-order chi connectivity index (χ1) is 10.2. The van der Waals surface area contributed by atoms with Crippen LogP contribution in [0.5, 0.6) is 0 Å². The molecule has 106 valence electrons. The number of fused-ring (bicyclic) bond motifs is 4. The van der Waals surface area contributed by atoms with E-state index in [1.165, 1.54) is 12.0 Å². The third-order valence-corrected chi connectivity index (χ3v) is 4.87. The smallest absolute Gasteiger partial charge is 0.142 e. The number of hydrogen-bond acceptors (Lipinski definition) is 5. The molecule has 1 saturated heterocycles. The number of nitrogens with two attached hydrogens (primary N) is 1. The van der Waals surface area contributed by atoms with Crippen molar-refractivity contribution >= 4 is 5.82 Å². The van der Waals surface area contributed by atoms with Crippen LogP contribution in [0.3, 0.4) is 0 Å². The molecular formula is C16H16N4O. The van der Waals surface area contributed by atoms with E-state index in [2.05, 4.69) is 23.0 Å². The first kappa shape index (κ1) is 12.4. The van der Waals surface area contributed by atoms with E-state index >= 15 is 0 Å². The molecule has 2 aromatic heterocycles.